The smallest absolute Gasteiger partial charge is 0.113 e. The average Bonchev–Trinajstić information content (AvgIpc) is 1.85. The Labute approximate surface area is 69.6 Å². The zero-order chi connectivity index (χ0) is 7.98. The topological polar surface area (TPSA) is 9.23 Å². The lowest BCUT2D eigenvalue weighted by Gasteiger charge is -2.11. The summed E-state index contributed by atoms with van der Waals surface area (Å²) in [6.07, 6.45) is 2.12. The molecule has 1 unspecified atom stereocenters. The van der Waals surface area contributed by atoms with Crippen LogP contribution in [0.25, 0.3) is 0 Å². The molecule has 0 aromatic heterocycles. The zero-order valence-corrected chi connectivity index (χ0v) is 7.91. The van der Waals surface area contributed by atoms with Gasteiger partial charge in [-0.3, -0.25) is 0 Å². The highest BCUT2D eigenvalue weighted by atomic mass is 32.1. The van der Waals surface area contributed by atoms with Crippen LogP contribution in [0.3, 0.4) is 0 Å². The van der Waals surface area contributed by atoms with Crippen molar-refractivity contribution in [3.63, 3.8) is 0 Å². The summed E-state index contributed by atoms with van der Waals surface area (Å²) in [7, 11) is 0. The van der Waals surface area contributed by atoms with Crippen molar-refractivity contribution in [3.05, 3.63) is 0 Å². The lowest BCUT2D eigenvalue weighted by molar-refractivity contribution is 0.0860. The third kappa shape index (κ3) is 6.43. The van der Waals surface area contributed by atoms with E-state index in [9.17, 15) is 0 Å². The van der Waals surface area contributed by atoms with Crippen molar-refractivity contribution in [2.75, 3.05) is 6.61 Å². The number of hydrogen-bond donors (Lipinski definition) is 0. The van der Waals surface area contributed by atoms with Crippen LogP contribution in [0.4, 0.5) is 0 Å². The first kappa shape index (κ1) is 10.3. The van der Waals surface area contributed by atoms with Crippen molar-refractivity contribution < 1.29 is 4.74 Å². The van der Waals surface area contributed by atoms with E-state index in [1.807, 2.05) is 0 Å². The van der Waals surface area contributed by atoms with E-state index in [0.717, 1.165) is 19.4 Å². The lowest BCUT2D eigenvalue weighted by atomic mass is 10.2. The summed E-state index contributed by atoms with van der Waals surface area (Å²) < 4.78 is 5.36. The Balaban J connectivity index is 3.12. The predicted octanol–water partition coefficient (Wildman–Crippen LogP) is 2.98. The van der Waals surface area contributed by atoms with Gasteiger partial charge in [0.1, 0.15) is 5.44 Å². The van der Waals surface area contributed by atoms with Crippen LogP contribution in [-0.2, 0) is 4.74 Å². The molecule has 1 nitrogen and oxygen atoms in total. The summed E-state index contributed by atoms with van der Waals surface area (Å²) in [4.78, 5) is 0. The first-order chi connectivity index (χ1) is 4.66. The van der Waals surface area contributed by atoms with Crippen LogP contribution < -0.4 is 0 Å². The zero-order valence-electron chi connectivity index (χ0n) is 7.09. The van der Waals surface area contributed by atoms with Crippen LogP contribution in [0.15, 0.2) is 0 Å². The van der Waals surface area contributed by atoms with E-state index >= 15 is 0 Å². The number of hydrogen-bond acceptors (Lipinski definition) is 1. The number of ether oxygens (including phenoxy) is 1. The summed E-state index contributed by atoms with van der Waals surface area (Å²) >= 11 is 5.03. The molecule has 61 valence electrons. The lowest BCUT2D eigenvalue weighted by Crippen LogP contribution is -2.09. The Bertz CT molecular complexity index is 73.7. The highest BCUT2D eigenvalue weighted by Crippen LogP contribution is 2.07. The van der Waals surface area contributed by atoms with Gasteiger partial charge in [-0.05, 0) is 12.3 Å². The maximum absolute atomic E-state index is 5.36. The second-order valence-corrected chi connectivity index (χ2v) is 3.47. The predicted molar refractivity (Wildman–Crippen MR) is 47.1 cm³/mol. The van der Waals surface area contributed by atoms with Crippen LogP contribution in [0.1, 0.15) is 33.6 Å². The van der Waals surface area contributed by atoms with Gasteiger partial charge in [0, 0.05) is 0 Å². The fourth-order valence-electron chi connectivity index (χ4n) is 0.619. The second-order valence-electron chi connectivity index (χ2n) is 2.95. The summed E-state index contributed by atoms with van der Waals surface area (Å²) in [5.74, 6) is 0.599. The van der Waals surface area contributed by atoms with Crippen LogP contribution in [0.2, 0.25) is 0 Å². The van der Waals surface area contributed by atoms with E-state index in [1.165, 1.54) is 0 Å². The highest BCUT2D eigenvalue weighted by molar-refractivity contribution is 7.80. The van der Waals surface area contributed by atoms with E-state index in [2.05, 4.69) is 20.8 Å². The van der Waals surface area contributed by atoms with Crippen molar-refractivity contribution in [1.82, 2.24) is 0 Å². The maximum atomic E-state index is 5.36. The number of rotatable bonds is 5. The minimum absolute atomic E-state index is 0.0346. The van der Waals surface area contributed by atoms with Gasteiger partial charge in [0.15, 0.2) is 0 Å². The van der Waals surface area contributed by atoms with Gasteiger partial charge >= 0.3 is 0 Å². The molecule has 0 aromatic rings. The Kier molecular flexibility index (Phi) is 6.24. The Hall–Kier alpha value is 0.310. The third-order valence-electron chi connectivity index (χ3n) is 1.14. The summed E-state index contributed by atoms with van der Waals surface area (Å²) in [6, 6.07) is 0. The van der Waals surface area contributed by atoms with E-state index in [0.29, 0.717) is 5.92 Å². The van der Waals surface area contributed by atoms with Gasteiger partial charge in [-0.15, -0.1) is 0 Å². The van der Waals surface area contributed by atoms with Gasteiger partial charge in [0.25, 0.3) is 0 Å². The summed E-state index contributed by atoms with van der Waals surface area (Å²) in [6.45, 7) is 7.19. The molecule has 0 saturated carbocycles. The van der Waals surface area contributed by atoms with Gasteiger partial charge < -0.3 is 4.74 Å². The molecule has 0 saturated heterocycles. The van der Waals surface area contributed by atoms with E-state index in [1.54, 1.807) is 0 Å². The van der Waals surface area contributed by atoms with Gasteiger partial charge in [-0.1, -0.05) is 39.8 Å². The van der Waals surface area contributed by atoms with E-state index in [-0.39, 0.29) is 5.44 Å². The Morgan fingerprint density at radius 2 is 2.00 bits per heavy atom. The molecular formula is C8H17OS. The molecule has 0 aliphatic carbocycles. The fourth-order valence-corrected chi connectivity index (χ4v) is 0.933. The molecule has 10 heavy (non-hydrogen) atoms. The SMILES string of the molecule is CCCC([S])OCC(C)C. The minimum Gasteiger partial charge on any atom is -0.366 e. The summed E-state index contributed by atoms with van der Waals surface area (Å²) in [5, 5.41) is 0. The molecule has 0 rings (SSSR count). The molecule has 0 amide bonds. The third-order valence-corrected chi connectivity index (χ3v) is 1.51. The van der Waals surface area contributed by atoms with Crippen LogP contribution >= 0.6 is 12.6 Å². The fraction of sp³-hybridized carbons (Fsp3) is 1.00. The first-order valence-corrected chi connectivity index (χ1v) is 4.41. The normalized spacial score (nSPS) is 14.1. The summed E-state index contributed by atoms with van der Waals surface area (Å²) in [5.41, 5.74) is 0.0346. The minimum atomic E-state index is 0.0346. The molecule has 0 aliphatic rings. The average molecular weight is 161 g/mol. The monoisotopic (exact) mass is 161 g/mol. The largest absolute Gasteiger partial charge is 0.366 e. The van der Waals surface area contributed by atoms with Crippen molar-refractivity contribution in [3.8, 4) is 0 Å². The molecule has 0 aliphatic heterocycles. The molecular weight excluding hydrogens is 144 g/mol. The molecule has 0 N–H and O–H groups in total. The van der Waals surface area contributed by atoms with Crippen molar-refractivity contribution >= 4 is 12.6 Å². The molecule has 1 radical (unpaired) electrons. The van der Waals surface area contributed by atoms with Gasteiger partial charge in [-0.25, -0.2) is 0 Å². The first-order valence-electron chi connectivity index (χ1n) is 3.94. The molecule has 0 heterocycles. The Morgan fingerprint density at radius 1 is 1.40 bits per heavy atom. The molecule has 0 bridgehead atoms. The van der Waals surface area contributed by atoms with Crippen LogP contribution in [0, 0.1) is 5.92 Å². The van der Waals surface area contributed by atoms with Crippen molar-refractivity contribution in [2.24, 2.45) is 5.92 Å². The van der Waals surface area contributed by atoms with Crippen LogP contribution in [0.5, 0.6) is 0 Å². The van der Waals surface area contributed by atoms with Gasteiger partial charge in [0.05, 0.1) is 6.61 Å². The highest BCUT2D eigenvalue weighted by Gasteiger charge is 2.02. The molecule has 1 atom stereocenters. The Morgan fingerprint density at radius 3 is 2.40 bits per heavy atom. The van der Waals surface area contributed by atoms with Crippen LogP contribution in [-0.4, -0.2) is 12.0 Å². The standard InChI is InChI=1S/C8H17OS/c1-4-5-8(10)9-6-7(2)3/h7-8H,4-6H2,1-3H3. The molecule has 0 aromatic carbocycles. The van der Waals surface area contributed by atoms with Gasteiger partial charge in [-0.2, -0.15) is 0 Å². The van der Waals surface area contributed by atoms with E-state index < -0.39 is 0 Å². The van der Waals surface area contributed by atoms with Crippen molar-refractivity contribution in [2.45, 2.75) is 39.0 Å². The molecule has 0 spiro atoms. The maximum Gasteiger partial charge on any atom is 0.113 e. The van der Waals surface area contributed by atoms with Gasteiger partial charge in [0.2, 0.25) is 0 Å². The molecule has 2 heteroatoms. The molecule has 0 fully saturated rings. The van der Waals surface area contributed by atoms with Crippen molar-refractivity contribution in [1.29, 1.82) is 0 Å². The quantitative estimate of drug-likeness (QED) is 0.602. The second kappa shape index (κ2) is 6.05. The van der Waals surface area contributed by atoms with E-state index in [4.69, 9.17) is 17.4 Å².